The molecule has 2 aliphatic carbocycles. The molecule has 0 saturated heterocycles. The topological polar surface area (TPSA) is 41.1 Å². The number of hydrogen-bond acceptors (Lipinski definition) is 1. The van der Waals surface area contributed by atoms with Gasteiger partial charge in [0.05, 0.1) is 5.56 Å². The molecule has 0 bridgehead atoms. The van der Waals surface area contributed by atoms with E-state index in [0.717, 1.165) is 37.7 Å². The first kappa shape index (κ1) is 19.1. The molecule has 2 aromatic rings. The van der Waals surface area contributed by atoms with Crippen molar-refractivity contribution < 1.29 is 18.0 Å². The van der Waals surface area contributed by atoms with Crippen molar-refractivity contribution in [3.63, 3.8) is 0 Å². The summed E-state index contributed by atoms with van der Waals surface area (Å²) in [5.41, 5.74) is 0.360. The third-order valence-electron chi connectivity index (χ3n) is 5.89. The average molecular weight is 390 g/mol. The van der Waals surface area contributed by atoms with Gasteiger partial charge in [0.1, 0.15) is 0 Å². The van der Waals surface area contributed by atoms with Crippen LogP contribution in [0.2, 0.25) is 0 Å². The molecule has 0 spiro atoms. The van der Waals surface area contributed by atoms with E-state index < -0.39 is 11.7 Å². The summed E-state index contributed by atoms with van der Waals surface area (Å²) in [4.78, 5) is 12.1. The maximum atomic E-state index is 13.4. The van der Waals surface area contributed by atoms with Crippen LogP contribution in [0.4, 0.5) is 18.0 Å². The van der Waals surface area contributed by atoms with Gasteiger partial charge >= 0.3 is 12.2 Å². The fourth-order valence-electron chi connectivity index (χ4n) is 4.54. The fourth-order valence-corrected chi connectivity index (χ4v) is 4.54. The second kappa shape index (κ2) is 7.30. The first-order valence-corrected chi connectivity index (χ1v) is 9.97. The average Bonchev–Trinajstić information content (AvgIpc) is 3.43. The fraction of sp³-hybridized carbons (Fsp3) is 0.500. The van der Waals surface area contributed by atoms with Crippen LogP contribution in [0.25, 0.3) is 10.8 Å². The molecule has 0 heterocycles. The Morgan fingerprint density at radius 1 is 0.929 bits per heavy atom. The number of rotatable bonds is 3. The third-order valence-corrected chi connectivity index (χ3v) is 5.89. The smallest absolute Gasteiger partial charge is 0.335 e. The van der Waals surface area contributed by atoms with Crippen LogP contribution in [0.5, 0.6) is 0 Å². The monoisotopic (exact) mass is 390 g/mol. The second-order valence-corrected chi connectivity index (χ2v) is 8.34. The van der Waals surface area contributed by atoms with Crippen LogP contribution >= 0.6 is 0 Å². The Morgan fingerprint density at radius 3 is 2.29 bits per heavy atom. The summed E-state index contributed by atoms with van der Waals surface area (Å²) in [7, 11) is 0. The molecule has 2 amide bonds. The van der Waals surface area contributed by atoms with E-state index in [2.05, 4.69) is 17.6 Å². The molecule has 2 fully saturated rings. The molecule has 2 saturated carbocycles. The van der Waals surface area contributed by atoms with Crippen LogP contribution < -0.4 is 10.6 Å². The highest BCUT2D eigenvalue weighted by Crippen LogP contribution is 2.42. The number of benzene rings is 2. The lowest BCUT2D eigenvalue weighted by atomic mass is 9.75. The molecule has 2 aromatic carbocycles. The van der Waals surface area contributed by atoms with E-state index in [0.29, 0.717) is 17.3 Å². The number of fused-ring (bicyclic) bond motifs is 1. The van der Waals surface area contributed by atoms with Crippen molar-refractivity contribution in [2.24, 2.45) is 5.92 Å². The molecule has 3 atom stereocenters. The van der Waals surface area contributed by atoms with Crippen LogP contribution in [-0.4, -0.2) is 18.1 Å². The van der Waals surface area contributed by atoms with Gasteiger partial charge in [0.25, 0.3) is 0 Å². The van der Waals surface area contributed by atoms with Gasteiger partial charge in [-0.1, -0.05) is 37.3 Å². The van der Waals surface area contributed by atoms with E-state index in [4.69, 9.17) is 0 Å². The molecule has 2 aliphatic rings. The summed E-state index contributed by atoms with van der Waals surface area (Å²) in [5, 5.41) is 6.94. The highest BCUT2D eigenvalue weighted by molar-refractivity contribution is 5.89. The minimum absolute atomic E-state index is 0.0357. The zero-order chi connectivity index (χ0) is 19.9. The van der Waals surface area contributed by atoms with Gasteiger partial charge in [-0.15, -0.1) is 0 Å². The Labute approximate surface area is 162 Å². The molecule has 1 unspecified atom stereocenters. The molecule has 28 heavy (non-hydrogen) atoms. The molecule has 0 aliphatic heterocycles. The van der Waals surface area contributed by atoms with Crippen LogP contribution in [0.15, 0.2) is 36.4 Å². The Kier molecular flexibility index (Phi) is 4.98. The Balaban J connectivity index is 1.60. The molecular formula is C22H25F3N2O. The Hall–Kier alpha value is -2.24. The van der Waals surface area contributed by atoms with E-state index in [9.17, 15) is 18.0 Å². The van der Waals surface area contributed by atoms with Crippen molar-refractivity contribution in [2.45, 2.75) is 63.2 Å². The second-order valence-electron chi connectivity index (χ2n) is 8.34. The van der Waals surface area contributed by atoms with Crippen LogP contribution in [0, 0.1) is 5.92 Å². The lowest BCUT2D eigenvalue weighted by Gasteiger charge is -2.35. The summed E-state index contributed by atoms with van der Waals surface area (Å²) in [6.07, 6.45) is 0.259. The number of amides is 2. The van der Waals surface area contributed by atoms with E-state index >= 15 is 0 Å². The predicted octanol–water partition coefficient (Wildman–Crippen LogP) is 5.59. The number of alkyl halides is 3. The maximum absolute atomic E-state index is 13.4. The normalized spacial score (nSPS) is 25.5. The third kappa shape index (κ3) is 4.10. The van der Waals surface area contributed by atoms with Crippen molar-refractivity contribution in [3.05, 3.63) is 47.5 Å². The minimum Gasteiger partial charge on any atom is -0.335 e. The zero-order valence-electron chi connectivity index (χ0n) is 15.9. The van der Waals surface area contributed by atoms with Gasteiger partial charge in [-0.05, 0) is 66.3 Å². The molecular weight excluding hydrogens is 365 g/mol. The zero-order valence-corrected chi connectivity index (χ0v) is 15.9. The van der Waals surface area contributed by atoms with Gasteiger partial charge in [0.2, 0.25) is 0 Å². The summed E-state index contributed by atoms with van der Waals surface area (Å²) in [6, 6.07) is 9.82. The Morgan fingerprint density at radius 2 is 1.61 bits per heavy atom. The van der Waals surface area contributed by atoms with Crippen molar-refractivity contribution >= 4 is 16.8 Å². The van der Waals surface area contributed by atoms with E-state index in [1.807, 2.05) is 0 Å². The van der Waals surface area contributed by atoms with Gasteiger partial charge in [-0.3, -0.25) is 0 Å². The number of halogens is 3. The maximum Gasteiger partial charge on any atom is 0.417 e. The highest BCUT2D eigenvalue weighted by atomic mass is 19.4. The number of urea groups is 1. The number of hydrogen-bond donors (Lipinski definition) is 2. The van der Waals surface area contributed by atoms with Crippen molar-refractivity contribution in [2.75, 3.05) is 0 Å². The Bertz CT molecular complexity index is 876. The lowest BCUT2D eigenvalue weighted by molar-refractivity contribution is -0.136. The summed E-state index contributed by atoms with van der Waals surface area (Å²) in [6.45, 7) is 2.14. The van der Waals surface area contributed by atoms with Gasteiger partial charge in [-0.2, -0.15) is 13.2 Å². The summed E-state index contributed by atoms with van der Waals surface area (Å²) in [5.74, 6) is 0.521. The van der Waals surface area contributed by atoms with Crippen LogP contribution in [0.1, 0.15) is 56.1 Å². The number of carbonyl (C=O) groups is 1. The lowest BCUT2D eigenvalue weighted by Crippen LogP contribution is -2.45. The SMILES string of the molecule is C[C@@H]1CC(c2ccc(C(F)(F)F)c3ccccc23)C[C@H](NC(=O)NC2CC2)C1. The molecule has 6 heteroatoms. The predicted molar refractivity (Wildman–Crippen MR) is 103 cm³/mol. The number of carbonyl (C=O) groups excluding carboxylic acids is 1. The van der Waals surface area contributed by atoms with E-state index in [1.165, 1.54) is 6.07 Å². The van der Waals surface area contributed by atoms with Gasteiger partial charge in [-0.25, -0.2) is 4.79 Å². The van der Waals surface area contributed by atoms with Crippen molar-refractivity contribution in [1.82, 2.24) is 10.6 Å². The molecule has 2 N–H and O–H groups in total. The highest BCUT2D eigenvalue weighted by Gasteiger charge is 2.35. The molecule has 150 valence electrons. The molecule has 4 rings (SSSR count). The van der Waals surface area contributed by atoms with Crippen LogP contribution in [-0.2, 0) is 6.18 Å². The van der Waals surface area contributed by atoms with Gasteiger partial charge < -0.3 is 10.6 Å². The quantitative estimate of drug-likeness (QED) is 0.704. The van der Waals surface area contributed by atoms with Gasteiger partial charge in [0.15, 0.2) is 0 Å². The van der Waals surface area contributed by atoms with Crippen molar-refractivity contribution in [3.8, 4) is 0 Å². The van der Waals surface area contributed by atoms with Crippen molar-refractivity contribution in [1.29, 1.82) is 0 Å². The molecule has 3 nitrogen and oxygen atoms in total. The first-order chi connectivity index (χ1) is 13.3. The van der Waals surface area contributed by atoms with E-state index in [1.54, 1.807) is 30.3 Å². The largest absolute Gasteiger partial charge is 0.417 e. The first-order valence-electron chi connectivity index (χ1n) is 9.97. The summed E-state index contributed by atoms with van der Waals surface area (Å²) >= 11 is 0. The minimum atomic E-state index is -4.37. The molecule has 0 aromatic heterocycles. The van der Waals surface area contributed by atoms with E-state index in [-0.39, 0.29) is 23.4 Å². The standard InChI is InChI=1S/C22H25F3N2O/c1-13-10-14(12-16(11-13)27-21(28)26-15-6-7-15)17-8-9-20(22(23,24)25)19-5-3-2-4-18(17)19/h2-5,8-9,13-16H,6-7,10-12H2,1H3,(H2,26,27,28)/t13-,14?,16-/m1/s1. The molecule has 0 radical (unpaired) electrons. The number of nitrogens with one attached hydrogen (secondary N) is 2. The summed E-state index contributed by atoms with van der Waals surface area (Å²) < 4.78 is 40.2. The van der Waals surface area contributed by atoms with Crippen LogP contribution in [0.3, 0.4) is 0 Å². The van der Waals surface area contributed by atoms with Gasteiger partial charge in [0, 0.05) is 12.1 Å².